The summed E-state index contributed by atoms with van der Waals surface area (Å²) in [4.78, 5) is 0. The molecule has 0 aliphatic rings. The number of hydrogen-bond donors (Lipinski definition) is 1. The molecule has 0 aliphatic heterocycles. The van der Waals surface area contributed by atoms with Crippen LogP contribution in [0.3, 0.4) is 0 Å². The van der Waals surface area contributed by atoms with E-state index in [1.165, 1.54) is 5.56 Å². The predicted molar refractivity (Wildman–Crippen MR) is 72.8 cm³/mol. The molecule has 1 aromatic carbocycles. The van der Waals surface area contributed by atoms with Crippen molar-refractivity contribution < 1.29 is 8.95 Å². The van der Waals surface area contributed by atoms with Gasteiger partial charge in [0.2, 0.25) is 0 Å². The zero-order valence-corrected chi connectivity index (χ0v) is 11.5. The molecule has 0 aliphatic carbocycles. The van der Waals surface area contributed by atoms with E-state index in [0.717, 1.165) is 18.8 Å². The fourth-order valence-electron chi connectivity index (χ4n) is 1.45. The van der Waals surface area contributed by atoms with Crippen molar-refractivity contribution in [3.8, 4) is 5.75 Å². The first kappa shape index (κ1) is 14.2. The van der Waals surface area contributed by atoms with E-state index in [9.17, 15) is 4.21 Å². The van der Waals surface area contributed by atoms with Crippen LogP contribution >= 0.6 is 0 Å². The first-order chi connectivity index (χ1) is 8.08. The lowest BCUT2D eigenvalue weighted by Crippen LogP contribution is -2.19. The maximum atomic E-state index is 10.9. The molecule has 1 N–H and O–H groups in total. The van der Waals surface area contributed by atoms with E-state index in [4.69, 9.17) is 4.74 Å². The normalized spacial score (nSPS) is 12.7. The second kappa shape index (κ2) is 7.45. The van der Waals surface area contributed by atoms with E-state index in [-0.39, 0.29) is 6.10 Å². The number of ether oxygens (including phenoxy) is 1. The van der Waals surface area contributed by atoms with Gasteiger partial charge in [-0.1, -0.05) is 12.1 Å². The highest BCUT2D eigenvalue weighted by Gasteiger charge is 1.99. The standard InChI is InChI=1S/C13H21NO2S/c1-11(2)16-13-6-4-5-12(9-13)10-14-7-8-17(3)15/h4-6,9,11,14H,7-8,10H2,1-3H3. The molecule has 0 saturated heterocycles. The van der Waals surface area contributed by atoms with E-state index in [0.29, 0.717) is 5.75 Å². The highest BCUT2D eigenvalue weighted by atomic mass is 32.2. The molecule has 1 rings (SSSR count). The van der Waals surface area contributed by atoms with Crippen LogP contribution in [-0.4, -0.2) is 28.9 Å². The predicted octanol–water partition coefficient (Wildman–Crippen LogP) is 1.94. The Kier molecular flexibility index (Phi) is 6.22. The average Bonchev–Trinajstić information content (AvgIpc) is 2.24. The smallest absolute Gasteiger partial charge is 0.120 e. The maximum Gasteiger partial charge on any atom is 0.120 e. The van der Waals surface area contributed by atoms with Gasteiger partial charge in [0.1, 0.15) is 5.75 Å². The molecule has 0 spiro atoms. The largest absolute Gasteiger partial charge is 0.491 e. The quantitative estimate of drug-likeness (QED) is 0.757. The Morgan fingerprint density at radius 2 is 2.18 bits per heavy atom. The van der Waals surface area contributed by atoms with Crippen molar-refractivity contribution in [3.05, 3.63) is 29.8 Å². The van der Waals surface area contributed by atoms with Gasteiger partial charge in [-0.2, -0.15) is 0 Å². The molecule has 0 amide bonds. The van der Waals surface area contributed by atoms with Crippen LogP contribution in [0.5, 0.6) is 5.75 Å². The lowest BCUT2D eigenvalue weighted by molar-refractivity contribution is 0.242. The molecule has 3 nitrogen and oxygen atoms in total. The summed E-state index contributed by atoms with van der Waals surface area (Å²) < 4.78 is 16.5. The summed E-state index contributed by atoms with van der Waals surface area (Å²) in [6.45, 7) is 5.59. The first-order valence-electron chi connectivity index (χ1n) is 5.84. The molecule has 17 heavy (non-hydrogen) atoms. The Hall–Kier alpha value is -0.870. The number of rotatable bonds is 7. The molecular formula is C13H21NO2S. The van der Waals surface area contributed by atoms with E-state index in [1.54, 1.807) is 6.26 Å². The third-order valence-corrected chi connectivity index (χ3v) is 2.94. The second-order valence-corrected chi connectivity index (χ2v) is 5.82. The van der Waals surface area contributed by atoms with Gasteiger partial charge < -0.3 is 10.1 Å². The summed E-state index contributed by atoms with van der Waals surface area (Å²) in [5.74, 6) is 1.60. The van der Waals surface area contributed by atoms with Crippen molar-refractivity contribution in [2.24, 2.45) is 0 Å². The van der Waals surface area contributed by atoms with Crippen molar-refractivity contribution in [3.63, 3.8) is 0 Å². The molecule has 0 fully saturated rings. The Balaban J connectivity index is 2.40. The Morgan fingerprint density at radius 1 is 1.41 bits per heavy atom. The molecule has 0 aromatic heterocycles. The third-order valence-electron chi connectivity index (χ3n) is 2.17. The van der Waals surface area contributed by atoms with Gasteiger partial charge >= 0.3 is 0 Å². The van der Waals surface area contributed by atoms with Gasteiger partial charge in [-0.15, -0.1) is 0 Å². The molecule has 4 heteroatoms. The molecule has 1 atom stereocenters. The highest BCUT2D eigenvalue weighted by Crippen LogP contribution is 2.14. The number of nitrogens with one attached hydrogen (secondary N) is 1. The zero-order valence-electron chi connectivity index (χ0n) is 10.7. The van der Waals surface area contributed by atoms with Gasteiger partial charge in [0.15, 0.2) is 0 Å². The van der Waals surface area contributed by atoms with Crippen molar-refractivity contribution in [1.82, 2.24) is 5.32 Å². The summed E-state index contributed by atoms with van der Waals surface area (Å²) in [5.41, 5.74) is 1.19. The lowest BCUT2D eigenvalue weighted by Gasteiger charge is -2.11. The molecule has 0 radical (unpaired) electrons. The van der Waals surface area contributed by atoms with Crippen LogP contribution in [0.1, 0.15) is 19.4 Å². The lowest BCUT2D eigenvalue weighted by atomic mass is 10.2. The van der Waals surface area contributed by atoms with Crippen LogP contribution in [0.4, 0.5) is 0 Å². The second-order valence-electron chi connectivity index (χ2n) is 4.27. The molecule has 96 valence electrons. The number of benzene rings is 1. The van der Waals surface area contributed by atoms with Crippen molar-refractivity contribution in [2.75, 3.05) is 18.6 Å². The van der Waals surface area contributed by atoms with E-state index in [1.807, 2.05) is 32.0 Å². The SMILES string of the molecule is CC(C)Oc1cccc(CNCCS(C)=O)c1. The van der Waals surface area contributed by atoms with Crippen molar-refractivity contribution >= 4 is 10.8 Å². The molecule has 1 unspecified atom stereocenters. The van der Waals surface area contributed by atoms with Gasteiger partial charge in [-0.05, 0) is 31.5 Å². The van der Waals surface area contributed by atoms with Gasteiger partial charge in [0.25, 0.3) is 0 Å². The van der Waals surface area contributed by atoms with Gasteiger partial charge in [-0.3, -0.25) is 4.21 Å². The van der Waals surface area contributed by atoms with Crippen LogP contribution in [0.15, 0.2) is 24.3 Å². The van der Waals surface area contributed by atoms with Crippen LogP contribution < -0.4 is 10.1 Å². The maximum absolute atomic E-state index is 10.9. The van der Waals surface area contributed by atoms with Crippen molar-refractivity contribution in [2.45, 2.75) is 26.5 Å². The highest BCUT2D eigenvalue weighted by molar-refractivity contribution is 7.84. The fourth-order valence-corrected chi connectivity index (χ4v) is 1.88. The fraction of sp³-hybridized carbons (Fsp3) is 0.538. The summed E-state index contributed by atoms with van der Waals surface area (Å²) in [6.07, 6.45) is 1.92. The molecule has 0 heterocycles. The average molecular weight is 255 g/mol. The minimum Gasteiger partial charge on any atom is -0.491 e. The molecule has 0 saturated carbocycles. The van der Waals surface area contributed by atoms with Gasteiger partial charge in [0.05, 0.1) is 6.10 Å². The van der Waals surface area contributed by atoms with E-state index < -0.39 is 10.8 Å². The summed E-state index contributed by atoms with van der Waals surface area (Å²) in [5, 5.41) is 3.26. The number of hydrogen-bond acceptors (Lipinski definition) is 3. The molecule has 1 aromatic rings. The van der Waals surface area contributed by atoms with E-state index >= 15 is 0 Å². The monoisotopic (exact) mass is 255 g/mol. The topological polar surface area (TPSA) is 38.3 Å². The Bertz CT molecular complexity index is 366. The summed E-state index contributed by atoms with van der Waals surface area (Å²) >= 11 is 0. The Morgan fingerprint density at radius 3 is 2.82 bits per heavy atom. The minimum atomic E-state index is -0.723. The summed E-state index contributed by atoms with van der Waals surface area (Å²) in [6, 6.07) is 8.05. The van der Waals surface area contributed by atoms with E-state index in [2.05, 4.69) is 11.4 Å². The summed E-state index contributed by atoms with van der Waals surface area (Å²) in [7, 11) is -0.723. The molecule has 0 bridgehead atoms. The van der Waals surface area contributed by atoms with Crippen LogP contribution in [0, 0.1) is 0 Å². The minimum absolute atomic E-state index is 0.195. The first-order valence-corrected chi connectivity index (χ1v) is 7.57. The van der Waals surface area contributed by atoms with Gasteiger partial charge in [-0.25, -0.2) is 0 Å². The van der Waals surface area contributed by atoms with Crippen LogP contribution in [-0.2, 0) is 17.3 Å². The van der Waals surface area contributed by atoms with Crippen LogP contribution in [0.25, 0.3) is 0 Å². The van der Waals surface area contributed by atoms with Crippen molar-refractivity contribution in [1.29, 1.82) is 0 Å². The Labute approximate surface area is 106 Å². The third kappa shape index (κ3) is 6.44. The van der Waals surface area contributed by atoms with Gasteiger partial charge in [0, 0.05) is 35.9 Å². The molecular weight excluding hydrogens is 234 g/mol. The van der Waals surface area contributed by atoms with Crippen LogP contribution in [0.2, 0.25) is 0 Å². The zero-order chi connectivity index (χ0) is 12.7.